The monoisotopic (exact) mass is 110 g/mol. The molecule has 0 bridgehead atoms. The number of hydrogen-bond donors (Lipinski definition) is 0. The molecular weight excluding hydrogens is 100 g/mol. The van der Waals surface area contributed by atoms with Crippen LogP contribution < -0.4 is 0 Å². The van der Waals surface area contributed by atoms with E-state index in [2.05, 4.69) is 5.92 Å². The summed E-state index contributed by atoms with van der Waals surface area (Å²) in [5, 5.41) is 0. The lowest BCUT2D eigenvalue weighted by atomic mass is 10.5. The van der Waals surface area contributed by atoms with Gasteiger partial charge in [-0.25, -0.2) is 0 Å². The van der Waals surface area contributed by atoms with Crippen molar-refractivity contribution in [3.63, 3.8) is 0 Å². The second-order valence-electron chi connectivity index (χ2n) is 1.39. The summed E-state index contributed by atoms with van der Waals surface area (Å²) in [5.74, 6) is 3.25. The lowest BCUT2D eigenvalue weighted by molar-refractivity contribution is 0.255. The Balaban J connectivity index is 3.29. The highest BCUT2D eigenvalue weighted by molar-refractivity contribution is 4.90. The van der Waals surface area contributed by atoms with Crippen LogP contribution in [0.15, 0.2) is 11.8 Å². The Morgan fingerprint density at radius 1 is 1.88 bits per heavy atom. The molecular formula is C7H10O. The molecule has 0 atom stereocenters. The predicted octanol–water partition coefficient (Wildman–Crippen LogP) is 1.56. The molecule has 0 aromatic heterocycles. The number of allylic oxidation sites excluding steroid dienone is 2. The first-order valence-electron chi connectivity index (χ1n) is 2.50. The summed E-state index contributed by atoms with van der Waals surface area (Å²) < 4.78 is 4.97. The van der Waals surface area contributed by atoms with Crippen molar-refractivity contribution in [3.8, 4) is 12.3 Å². The molecule has 1 nitrogen and oxygen atoms in total. The fourth-order valence-electron chi connectivity index (χ4n) is 0.239. The highest BCUT2D eigenvalue weighted by Gasteiger charge is 1.79. The second-order valence-corrected chi connectivity index (χ2v) is 1.39. The number of terminal acetylenes is 1. The summed E-state index contributed by atoms with van der Waals surface area (Å²) in [5.41, 5.74) is 0. The quantitative estimate of drug-likeness (QED) is 0.387. The van der Waals surface area contributed by atoms with Crippen LogP contribution in [-0.2, 0) is 4.74 Å². The third-order valence-electron chi connectivity index (χ3n) is 0.790. The molecule has 0 unspecified atom stereocenters. The van der Waals surface area contributed by atoms with Crippen LogP contribution in [0.4, 0.5) is 0 Å². The van der Waals surface area contributed by atoms with E-state index in [4.69, 9.17) is 11.2 Å². The molecule has 44 valence electrons. The number of hydrogen-bond acceptors (Lipinski definition) is 1. The zero-order valence-corrected chi connectivity index (χ0v) is 5.27. The zero-order valence-electron chi connectivity index (χ0n) is 5.27. The van der Waals surface area contributed by atoms with Crippen LogP contribution in [0.25, 0.3) is 0 Å². The number of rotatable bonds is 2. The smallest absolute Gasteiger partial charge is 0.148 e. The van der Waals surface area contributed by atoms with E-state index in [1.54, 1.807) is 0 Å². The zero-order chi connectivity index (χ0) is 6.41. The van der Waals surface area contributed by atoms with Gasteiger partial charge in [-0.2, -0.15) is 0 Å². The van der Waals surface area contributed by atoms with Gasteiger partial charge in [0.1, 0.15) is 6.61 Å². The van der Waals surface area contributed by atoms with Crippen molar-refractivity contribution in [1.29, 1.82) is 0 Å². The Kier molecular flexibility index (Phi) is 3.78. The van der Waals surface area contributed by atoms with Gasteiger partial charge >= 0.3 is 0 Å². The molecule has 0 N–H and O–H groups in total. The van der Waals surface area contributed by atoms with Crippen LogP contribution >= 0.6 is 0 Å². The van der Waals surface area contributed by atoms with Crippen LogP contribution in [0, 0.1) is 12.3 Å². The summed E-state index contributed by atoms with van der Waals surface area (Å²) in [6.45, 7) is 4.15. The van der Waals surface area contributed by atoms with E-state index in [1.807, 2.05) is 19.9 Å². The van der Waals surface area contributed by atoms with Gasteiger partial charge < -0.3 is 4.74 Å². The van der Waals surface area contributed by atoms with E-state index in [0.717, 1.165) is 5.76 Å². The maximum Gasteiger partial charge on any atom is 0.148 e. The topological polar surface area (TPSA) is 9.23 Å². The Morgan fingerprint density at radius 2 is 2.50 bits per heavy atom. The van der Waals surface area contributed by atoms with Crippen molar-refractivity contribution in [2.24, 2.45) is 0 Å². The molecule has 0 aromatic rings. The molecule has 0 fully saturated rings. The highest BCUT2D eigenvalue weighted by Crippen LogP contribution is 1.91. The molecule has 1 heteroatoms. The van der Waals surface area contributed by atoms with Gasteiger partial charge in [0.15, 0.2) is 0 Å². The van der Waals surface area contributed by atoms with Crippen LogP contribution in [-0.4, -0.2) is 6.61 Å². The van der Waals surface area contributed by atoms with Crippen molar-refractivity contribution in [3.05, 3.63) is 11.8 Å². The molecule has 8 heavy (non-hydrogen) atoms. The summed E-state index contributed by atoms with van der Waals surface area (Å²) in [6.07, 6.45) is 6.80. The largest absolute Gasteiger partial charge is 0.486 e. The van der Waals surface area contributed by atoms with E-state index < -0.39 is 0 Å². The first-order chi connectivity index (χ1) is 3.81. The molecule has 0 amide bonds. The van der Waals surface area contributed by atoms with Gasteiger partial charge in [0.2, 0.25) is 0 Å². The first-order valence-corrected chi connectivity index (χ1v) is 2.50. The first kappa shape index (κ1) is 7.10. The maximum atomic E-state index is 4.97. The average Bonchev–Trinajstić information content (AvgIpc) is 1.83. The molecule has 0 radical (unpaired) electrons. The van der Waals surface area contributed by atoms with Crippen LogP contribution in [0.5, 0.6) is 0 Å². The van der Waals surface area contributed by atoms with Crippen LogP contribution in [0.1, 0.15) is 13.8 Å². The lowest BCUT2D eigenvalue weighted by Gasteiger charge is -1.97. The Hall–Kier alpha value is -0.900. The summed E-state index contributed by atoms with van der Waals surface area (Å²) in [6, 6.07) is 0. The van der Waals surface area contributed by atoms with Gasteiger partial charge in [-0.05, 0) is 19.9 Å². The maximum absolute atomic E-state index is 4.97. The van der Waals surface area contributed by atoms with E-state index in [0.29, 0.717) is 6.61 Å². The van der Waals surface area contributed by atoms with Crippen molar-refractivity contribution < 1.29 is 4.74 Å². The van der Waals surface area contributed by atoms with Gasteiger partial charge in [0.25, 0.3) is 0 Å². The minimum absolute atomic E-state index is 0.371. The molecule has 0 heterocycles. The Labute approximate surface area is 50.4 Å². The molecule has 0 saturated carbocycles. The van der Waals surface area contributed by atoms with E-state index in [1.165, 1.54) is 0 Å². The Morgan fingerprint density at radius 3 is 2.88 bits per heavy atom. The average molecular weight is 110 g/mol. The van der Waals surface area contributed by atoms with Gasteiger partial charge in [0, 0.05) is 0 Å². The molecule has 0 saturated heterocycles. The van der Waals surface area contributed by atoms with Gasteiger partial charge in [0.05, 0.1) is 5.76 Å². The van der Waals surface area contributed by atoms with Crippen molar-refractivity contribution in [2.75, 3.05) is 6.61 Å². The lowest BCUT2D eigenvalue weighted by Crippen LogP contribution is -1.86. The van der Waals surface area contributed by atoms with Gasteiger partial charge in [-0.15, -0.1) is 6.42 Å². The minimum Gasteiger partial charge on any atom is -0.486 e. The van der Waals surface area contributed by atoms with Crippen molar-refractivity contribution in [2.45, 2.75) is 13.8 Å². The fourth-order valence-corrected chi connectivity index (χ4v) is 0.239. The SMILES string of the molecule is C#CCOC(C)=CC. The van der Waals surface area contributed by atoms with E-state index in [9.17, 15) is 0 Å². The van der Waals surface area contributed by atoms with Crippen molar-refractivity contribution in [1.82, 2.24) is 0 Å². The third-order valence-corrected chi connectivity index (χ3v) is 0.790. The highest BCUT2D eigenvalue weighted by atomic mass is 16.5. The van der Waals surface area contributed by atoms with Gasteiger partial charge in [-0.3, -0.25) is 0 Å². The van der Waals surface area contributed by atoms with Crippen LogP contribution in [0.2, 0.25) is 0 Å². The standard InChI is InChI=1S/C7H10O/c1-4-6-8-7(3)5-2/h1,5H,6H2,2-3H3. The molecule has 0 rings (SSSR count). The summed E-state index contributed by atoms with van der Waals surface area (Å²) in [4.78, 5) is 0. The molecule has 0 aliphatic carbocycles. The van der Waals surface area contributed by atoms with E-state index in [-0.39, 0.29) is 0 Å². The predicted molar refractivity (Wildman–Crippen MR) is 34.2 cm³/mol. The summed E-state index contributed by atoms with van der Waals surface area (Å²) >= 11 is 0. The fraction of sp³-hybridized carbons (Fsp3) is 0.429. The molecule has 0 aliphatic heterocycles. The molecule has 0 aliphatic rings. The normalized spacial score (nSPS) is 10.4. The summed E-state index contributed by atoms with van der Waals surface area (Å²) in [7, 11) is 0. The molecule has 0 spiro atoms. The third kappa shape index (κ3) is 3.30. The second kappa shape index (κ2) is 4.26. The van der Waals surface area contributed by atoms with Crippen molar-refractivity contribution >= 4 is 0 Å². The van der Waals surface area contributed by atoms with E-state index >= 15 is 0 Å². The van der Waals surface area contributed by atoms with Crippen LogP contribution in [0.3, 0.4) is 0 Å². The van der Waals surface area contributed by atoms with Gasteiger partial charge in [-0.1, -0.05) is 5.92 Å². The minimum atomic E-state index is 0.371. The molecule has 0 aromatic carbocycles. The Bertz CT molecular complexity index is 117. The number of ether oxygens (including phenoxy) is 1.